The zero-order chi connectivity index (χ0) is 18.4. The van der Waals surface area contributed by atoms with Crippen LogP contribution in [0, 0.1) is 30.1 Å². The van der Waals surface area contributed by atoms with E-state index in [1.54, 1.807) is 24.3 Å². The van der Waals surface area contributed by atoms with Crippen molar-refractivity contribution >= 4 is 5.91 Å². The molecule has 0 saturated carbocycles. The van der Waals surface area contributed by atoms with Gasteiger partial charge in [0.25, 0.3) is 5.91 Å². The van der Waals surface area contributed by atoms with Gasteiger partial charge in [-0.1, -0.05) is 23.6 Å². The van der Waals surface area contributed by atoms with E-state index in [9.17, 15) is 4.79 Å². The number of benzene rings is 1. The fourth-order valence-corrected chi connectivity index (χ4v) is 2.87. The summed E-state index contributed by atoms with van der Waals surface area (Å²) in [5.41, 5.74) is 4.05. The van der Waals surface area contributed by atoms with Gasteiger partial charge in [0.1, 0.15) is 5.69 Å². The Kier molecular flexibility index (Phi) is 5.46. The Hall–Kier alpha value is -3.37. The van der Waals surface area contributed by atoms with Crippen molar-refractivity contribution in [1.29, 1.82) is 5.26 Å². The number of hydrogen-bond acceptors (Lipinski definition) is 3. The lowest BCUT2D eigenvalue weighted by molar-refractivity contribution is 0.0743. The predicted molar refractivity (Wildman–Crippen MR) is 100 cm³/mol. The lowest BCUT2D eigenvalue weighted by Gasteiger charge is -2.28. The topological polar surface area (TPSA) is 57.0 Å². The molecule has 0 aliphatic carbocycles. The summed E-state index contributed by atoms with van der Waals surface area (Å²) >= 11 is 0. The fourth-order valence-electron chi connectivity index (χ4n) is 2.87. The number of pyridine rings is 1. The molecule has 0 unspecified atom stereocenters. The molecule has 26 heavy (non-hydrogen) atoms. The minimum atomic E-state index is -0.0174. The standard InChI is InChI=1S/C22H19N3O/c1-17-5-2-9-21(24-17)10-4-6-18-11-13-25(14-12-18)22(26)20-8-3-7-19(15-20)16-23/h2-3,5-9,15H,11-14H2,1H3. The molecule has 0 N–H and O–H groups in total. The molecule has 1 saturated heterocycles. The van der Waals surface area contributed by atoms with Gasteiger partial charge >= 0.3 is 0 Å². The molecule has 1 amide bonds. The van der Waals surface area contributed by atoms with Crippen LogP contribution in [0.5, 0.6) is 0 Å². The number of hydrogen-bond donors (Lipinski definition) is 0. The first-order chi connectivity index (χ1) is 12.7. The van der Waals surface area contributed by atoms with Gasteiger partial charge in [0, 0.05) is 24.3 Å². The maximum Gasteiger partial charge on any atom is 0.253 e. The van der Waals surface area contributed by atoms with Crippen LogP contribution in [-0.2, 0) is 0 Å². The second-order valence-electron chi connectivity index (χ2n) is 6.22. The van der Waals surface area contributed by atoms with E-state index in [2.05, 4.69) is 22.9 Å². The molecule has 3 rings (SSSR count). The van der Waals surface area contributed by atoms with Gasteiger partial charge in [0.2, 0.25) is 0 Å². The van der Waals surface area contributed by atoms with E-state index < -0.39 is 0 Å². The normalized spacial score (nSPS) is 13.4. The predicted octanol–water partition coefficient (Wildman–Crippen LogP) is 3.48. The molecule has 1 aromatic heterocycles. The number of allylic oxidation sites excluding steroid dienone is 1. The van der Waals surface area contributed by atoms with Crippen LogP contribution in [-0.4, -0.2) is 28.9 Å². The SMILES string of the molecule is Cc1cccc(C#CC=C2CCN(C(=O)c3cccc(C#N)c3)CC2)n1. The van der Waals surface area contributed by atoms with E-state index in [0.717, 1.165) is 24.2 Å². The number of nitriles is 1. The van der Waals surface area contributed by atoms with Crippen molar-refractivity contribution in [2.45, 2.75) is 19.8 Å². The van der Waals surface area contributed by atoms with Crippen LogP contribution in [0.4, 0.5) is 0 Å². The van der Waals surface area contributed by atoms with E-state index in [-0.39, 0.29) is 5.91 Å². The highest BCUT2D eigenvalue weighted by atomic mass is 16.2. The van der Waals surface area contributed by atoms with E-state index in [4.69, 9.17) is 5.26 Å². The van der Waals surface area contributed by atoms with Crippen molar-refractivity contribution in [1.82, 2.24) is 9.88 Å². The third-order valence-electron chi connectivity index (χ3n) is 4.30. The second kappa shape index (κ2) is 8.14. The Morgan fingerprint density at radius 2 is 1.96 bits per heavy atom. The summed E-state index contributed by atoms with van der Waals surface area (Å²) in [6, 6.07) is 14.7. The molecule has 4 nitrogen and oxygen atoms in total. The van der Waals surface area contributed by atoms with E-state index in [1.165, 1.54) is 5.57 Å². The number of likely N-dealkylation sites (tertiary alicyclic amines) is 1. The van der Waals surface area contributed by atoms with E-state index in [1.807, 2.05) is 36.1 Å². The molecule has 1 fully saturated rings. The molecule has 0 radical (unpaired) electrons. The number of aryl methyl sites for hydroxylation is 1. The molecule has 128 valence electrons. The van der Waals surface area contributed by atoms with Gasteiger partial charge < -0.3 is 4.90 Å². The molecule has 2 heterocycles. The number of piperidine rings is 1. The van der Waals surface area contributed by atoms with E-state index in [0.29, 0.717) is 24.2 Å². The summed E-state index contributed by atoms with van der Waals surface area (Å²) in [6.07, 6.45) is 3.58. The molecule has 0 atom stereocenters. The van der Waals surface area contributed by atoms with Gasteiger partial charge in [-0.05, 0) is 62.1 Å². The molecule has 1 aliphatic rings. The van der Waals surface area contributed by atoms with Gasteiger partial charge in [-0.3, -0.25) is 4.79 Å². The lowest BCUT2D eigenvalue weighted by atomic mass is 10.0. The average Bonchev–Trinajstić information content (AvgIpc) is 2.68. The number of carbonyl (C=O) groups is 1. The van der Waals surface area contributed by atoms with Crippen molar-refractivity contribution in [3.05, 3.63) is 76.6 Å². The fraction of sp³-hybridized carbons (Fsp3) is 0.227. The summed E-state index contributed by atoms with van der Waals surface area (Å²) < 4.78 is 0. The molecule has 0 spiro atoms. The molecule has 4 heteroatoms. The second-order valence-corrected chi connectivity index (χ2v) is 6.22. The summed E-state index contributed by atoms with van der Waals surface area (Å²) in [5.74, 6) is 6.11. The van der Waals surface area contributed by atoms with Crippen LogP contribution in [0.15, 0.2) is 54.1 Å². The van der Waals surface area contributed by atoms with Crippen molar-refractivity contribution in [2.24, 2.45) is 0 Å². The smallest absolute Gasteiger partial charge is 0.253 e. The Morgan fingerprint density at radius 1 is 1.19 bits per heavy atom. The first kappa shape index (κ1) is 17.5. The van der Waals surface area contributed by atoms with E-state index >= 15 is 0 Å². The highest BCUT2D eigenvalue weighted by molar-refractivity contribution is 5.94. The van der Waals surface area contributed by atoms with Crippen LogP contribution in [0.25, 0.3) is 0 Å². The van der Waals surface area contributed by atoms with Crippen molar-refractivity contribution in [2.75, 3.05) is 13.1 Å². The highest BCUT2D eigenvalue weighted by Crippen LogP contribution is 2.18. The maximum absolute atomic E-state index is 12.6. The molecule has 2 aromatic rings. The van der Waals surface area contributed by atoms with Gasteiger partial charge in [-0.2, -0.15) is 5.26 Å². The summed E-state index contributed by atoms with van der Waals surface area (Å²) in [6.45, 7) is 3.29. The van der Waals surface area contributed by atoms with Crippen LogP contribution >= 0.6 is 0 Å². The number of aromatic nitrogens is 1. The van der Waals surface area contributed by atoms with Crippen LogP contribution < -0.4 is 0 Å². The first-order valence-corrected chi connectivity index (χ1v) is 8.58. The Labute approximate surface area is 153 Å². The third kappa shape index (κ3) is 4.37. The first-order valence-electron chi connectivity index (χ1n) is 8.58. The van der Waals surface area contributed by atoms with Gasteiger partial charge in [0.05, 0.1) is 11.6 Å². The van der Waals surface area contributed by atoms with Crippen molar-refractivity contribution < 1.29 is 4.79 Å². The maximum atomic E-state index is 12.6. The van der Waals surface area contributed by atoms with Gasteiger partial charge in [-0.25, -0.2) is 4.98 Å². The van der Waals surface area contributed by atoms with Gasteiger partial charge in [-0.15, -0.1) is 0 Å². The Bertz CT molecular complexity index is 947. The number of nitrogens with zero attached hydrogens (tertiary/aromatic N) is 3. The number of rotatable bonds is 1. The quantitative estimate of drug-likeness (QED) is 0.746. The Balaban J connectivity index is 1.60. The van der Waals surface area contributed by atoms with Crippen LogP contribution in [0.1, 0.15) is 40.2 Å². The highest BCUT2D eigenvalue weighted by Gasteiger charge is 2.20. The summed E-state index contributed by atoms with van der Waals surface area (Å²) in [7, 11) is 0. The van der Waals surface area contributed by atoms with Crippen molar-refractivity contribution in [3.63, 3.8) is 0 Å². The minimum Gasteiger partial charge on any atom is -0.338 e. The zero-order valence-corrected chi connectivity index (χ0v) is 14.7. The number of carbonyl (C=O) groups excluding carboxylic acids is 1. The lowest BCUT2D eigenvalue weighted by Crippen LogP contribution is -2.36. The third-order valence-corrected chi connectivity index (χ3v) is 4.30. The average molecular weight is 341 g/mol. The summed E-state index contributed by atoms with van der Waals surface area (Å²) in [4.78, 5) is 18.8. The summed E-state index contributed by atoms with van der Waals surface area (Å²) in [5, 5.41) is 8.97. The molecule has 1 aliphatic heterocycles. The molecular weight excluding hydrogens is 322 g/mol. The molecule has 1 aromatic carbocycles. The largest absolute Gasteiger partial charge is 0.338 e. The number of amides is 1. The zero-order valence-electron chi connectivity index (χ0n) is 14.7. The van der Waals surface area contributed by atoms with Crippen LogP contribution in [0.3, 0.4) is 0 Å². The van der Waals surface area contributed by atoms with Gasteiger partial charge in [0.15, 0.2) is 0 Å². The Morgan fingerprint density at radius 3 is 2.69 bits per heavy atom. The minimum absolute atomic E-state index is 0.0174. The monoisotopic (exact) mass is 341 g/mol. The molecule has 0 bridgehead atoms. The van der Waals surface area contributed by atoms with Crippen LogP contribution in [0.2, 0.25) is 0 Å². The van der Waals surface area contributed by atoms with Crippen molar-refractivity contribution in [3.8, 4) is 17.9 Å². The molecular formula is C22H19N3O.